The minimum atomic E-state index is -1.66. The third-order valence-electron chi connectivity index (χ3n) is 6.05. The van der Waals surface area contributed by atoms with Crippen LogP contribution in [0.2, 0.25) is 0 Å². The average molecular weight is 506 g/mol. The van der Waals surface area contributed by atoms with E-state index in [2.05, 4.69) is 0 Å². The summed E-state index contributed by atoms with van der Waals surface area (Å²) >= 11 is 0. The minimum absolute atomic E-state index is 0.0393. The Morgan fingerprint density at radius 3 is 1.69 bits per heavy atom. The lowest BCUT2D eigenvalue weighted by Gasteiger charge is -2.43. The molecule has 0 spiro atoms. The number of aromatic hydroxyl groups is 1. The van der Waals surface area contributed by atoms with E-state index >= 15 is 0 Å². The molecule has 14 nitrogen and oxygen atoms in total. The van der Waals surface area contributed by atoms with Crippen molar-refractivity contribution in [2.24, 2.45) is 0 Å². The Morgan fingerprint density at radius 1 is 0.600 bits per heavy atom. The molecule has 8 N–H and O–H groups in total. The molecule has 0 radical (unpaired) electrons. The van der Waals surface area contributed by atoms with E-state index in [1.54, 1.807) is 12.1 Å². The number of phenolic OH excluding ortho intramolecular Hbond substituents is 1. The first-order valence-corrected chi connectivity index (χ1v) is 11.0. The van der Waals surface area contributed by atoms with Gasteiger partial charge in [0.2, 0.25) is 6.29 Å². The van der Waals surface area contributed by atoms with Crippen molar-refractivity contribution in [3.63, 3.8) is 0 Å². The number of aliphatic hydroxyl groups excluding tert-OH is 7. The van der Waals surface area contributed by atoms with E-state index in [0.29, 0.717) is 0 Å². The maximum atomic E-state index is 10.5. The van der Waals surface area contributed by atoms with Gasteiger partial charge in [0, 0.05) is 0 Å². The molecule has 0 amide bonds. The van der Waals surface area contributed by atoms with E-state index in [-0.39, 0.29) is 31.3 Å². The number of benzene rings is 1. The quantitative estimate of drug-likeness (QED) is 0.185. The number of para-hydroxylation sites is 2. The summed E-state index contributed by atoms with van der Waals surface area (Å²) in [7, 11) is 0. The third-order valence-corrected chi connectivity index (χ3v) is 6.05. The van der Waals surface area contributed by atoms with Crippen LogP contribution in [-0.2, 0) is 23.7 Å². The molecule has 35 heavy (non-hydrogen) atoms. The fraction of sp³-hybridized carbons (Fsp3) is 0.714. The van der Waals surface area contributed by atoms with Crippen LogP contribution in [0, 0.1) is 0 Å². The van der Waals surface area contributed by atoms with Gasteiger partial charge in [-0.05, 0) is 12.1 Å². The molecule has 0 aromatic heterocycles. The molecule has 12 atom stereocenters. The number of ether oxygens (including phenoxy) is 6. The van der Waals surface area contributed by atoms with Gasteiger partial charge in [0.1, 0.15) is 54.9 Å². The molecule has 0 aliphatic carbocycles. The molecule has 3 heterocycles. The van der Waals surface area contributed by atoms with Gasteiger partial charge in [-0.1, -0.05) is 12.1 Å². The molecule has 3 saturated heterocycles. The summed E-state index contributed by atoms with van der Waals surface area (Å²) in [6.45, 7) is -0.905. The Morgan fingerprint density at radius 2 is 1.09 bits per heavy atom. The van der Waals surface area contributed by atoms with Crippen LogP contribution in [0.5, 0.6) is 11.5 Å². The molecule has 14 heteroatoms. The van der Waals surface area contributed by atoms with Gasteiger partial charge in [0.05, 0.1) is 19.8 Å². The van der Waals surface area contributed by atoms with E-state index in [1.807, 2.05) is 0 Å². The summed E-state index contributed by atoms with van der Waals surface area (Å²) < 4.78 is 32.3. The summed E-state index contributed by atoms with van der Waals surface area (Å²) in [6.07, 6.45) is -17.2. The summed E-state index contributed by atoms with van der Waals surface area (Å²) in [5.74, 6) is -0.144. The molecule has 3 aliphatic rings. The fourth-order valence-corrected chi connectivity index (χ4v) is 3.92. The predicted molar refractivity (Wildman–Crippen MR) is 110 cm³/mol. The van der Waals surface area contributed by atoms with Crippen molar-refractivity contribution in [2.45, 2.75) is 73.8 Å². The van der Waals surface area contributed by atoms with Gasteiger partial charge in [0.25, 0.3) is 0 Å². The predicted octanol–water partition coefficient (Wildman–Crippen LogP) is -3.86. The van der Waals surface area contributed by atoms with Crippen LogP contribution >= 0.6 is 0 Å². The smallest absolute Gasteiger partial charge is 0.229 e. The summed E-state index contributed by atoms with van der Waals surface area (Å²) in [5, 5.41) is 80.8. The Kier molecular flexibility index (Phi) is 8.42. The maximum Gasteiger partial charge on any atom is 0.229 e. The number of rotatable bonds is 6. The number of hydrogen-bond donors (Lipinski definition) is 8. The van der Waals surface area contributed by atoms with Crippen LogP contribution in [-0.4, -0.2) is 134 Å². The van der Waals surface area contributed by atoms with Crippen molar-refractivity contribution in [1.29, 1.82) is 0 Å². The SMILES string of the molecule is Oc1ccccc1O[C@@H]1OC[C@@H](O[C@@H]2OC[C@@H](O[C@@H]3OC[C@@H](O)[C@H](O)[C@H]3O)[C@H](O)[C@H]2O)[C@H](O)[C@H]1O. The Hall–Kier alpha value is -1.66. The van der Waals surface area contributed by atoms with Gasteiger partial charge in [-0.2, -0.15) is 0 Å². The standard InChI is InChI=1S/C21H30O14/c22-8-3-1-2-4-10(8)33-20-17(28)14(25)12(6-31-20)35-21-18(29)15(26)11(7-32-21)34-19-16(27)13(24)9(23)5-30-19/h1-4,9,11-29H,5-7H2/t9-,11-,12-,13+,14+,15+,16-,17-,18-,19+,20+,21+/m1/s1. The first-order valence-electron chi connectivity index (χ1n) is 11.0. The van der Waals surface area contributed by atoms with Crippen molar-refractivity contribution in [1.82, 2.24) is 0 Å². The molecule has 198 valence electrons. The lowest BCUT2D eigenvalue weighted by atomic mass is 10.0. The highest BCUT2D eigenvalue weighted by molar-refractivity contribution is 5.38. The molecule has 1 aromatic carbocycles. The molecular formula is C21H30O14. The van der Waals surface area contributed by atoms with Crippen molar-refractivity contribution >= 4 is 0 Å². The Bertz CT molecular complexity index is 827. The third kappa shape index (κ3) is 5.69. The van der Waals surface area contributed by atoms with Gasteiger partial charge in [-0.3, -0.25) is 0 Å². The Labute approximate surface area is 199 Å². The average Bonchev–Trinajstić information content (AvgIpc) is 2.84. The molecular weight excluding hydrogens is 476 g/mol. The van der Waals surface area contributed by atoms with Crippen molar-refractivity contribution in [3.8, 4) is 11.5 Å². The van der Waals surface area contributed by atoms with Crippen LogP contribution in [0.25, 0.3) is 0 Å². The van der Waals surface area contributed by atoms with Crippen LogP contribution in [0.1, 0.15) is 0 Å². The molecule has 3 aliphatic heterocycles. The highest BCUT2D eigenvalue weighted by Gasteiger charge is 2.48. The lowest BCUT2D eigenvalue weighted by Crippen LogP contribution is -2.61. The zero-order valence-electron chi connectivity index (χ0n) is 18.4. The van der Waals surface area contributed by atoms with E-state index in [4.69, 9.17) is 28.4 Å². The highest BCUT2D eigenvalue weighted by Crippen LogP contribution is 2.30. The van der Waals surface area contributed by atoms with Gasteiger partial charge in [-0.25, -0.2) is 0 Å². The van der Waals surface area contributed by atoms with Gasteiger partial charge >= 0.3 is 0 Å². The second-order valence-corrected chi connectivity index (χ2v) is 8.55. The molecule has 0 unspecified atom stereocenters. The number of aliphatic hydroxyl groups is 7. The normalized spacial score (nSPS) is 44.7. The van der Waals surface area contributed by atoms with Crippen LogP contribution in [0.15, 0.2) is 24.3 Å². The van der Waals surface area contributed by atoms with Crippen LogP contribution < -0.4 is 4.74 Å². The van der Waals surface area contributed by atoms with Crippen molar-refractivity contribution in [3.05, 3.63) is 24.3 Å². The molecule has 1 aromatic rings. The Balaban J connectivity index is 1.30. The molecule has 4 rings (SSSR count). The topological polar surface area (TPSA) is 217 Å². The zero-order chi connectivity index (χ0) is 25.3. The first-order chi connectivity index (χ1) is 16.7. The van der Waals surface area contributed by atoms with Crippen molar-refractivity contribution < 1.29 is 69.3 Å². The van der Waals surface area contributed by atoms with E-state index in [0.717, 1.165) is 0 Å². The summed E-state index contributed by atoms with van der Waals surface area (Å²) in [5.41, 5.74) is 0. The fourth-order valence-electron chi connectivity index (χ4n) is 3.92. The van der Waals surface area contributed by atoms with Gasteiger partial charge in [0.15, 0.2) is 24.1 Å². The summed E-state index contributed by atoms with van der Waals surface area (Å²) in [6, 6.07) is 6.01. The highest BCUT2D eigenvalue weighted by atomic mass is 16.7. The number of phenols is 1. The second kappa shape index (κ2) is 11.2. The van der Waals surface area contributed by atoms with Crippen LogP contribution in [0.4, 0.5) is 0 Å². The maximum absolute atomic E-state index is 10.5. The number of hydrogen-bond acceptors (Lipinski definition) is 14. The van der Waals surface area contributed by atoms with E-state index in [9.17, 15) is 40.9 Å². The lowest BCUT2D eigenvalue weighted by molar-refractivity contribution is -0.345. The second-order valence-electron chi connectivity index (χ2n) is 8.55. The first kappa shape index (κ1) is 26.4. The molecule has 0 bridgehead atoms. The van der Waals surface area contributed by atoms with E-state index in [1.165, 1.54) is 12.1 Å². The molecule has 0 saturated carbocycles. The van der Waals surface area contributed by atoms with Crippen molar-refractivity contribution in [2.75, 3.05) is 19.8 Å². The van der Waals surface area contributed by atoms with E-state index < -0.39 is 73.8 Å². The van der Waals surface area contributed by atoms with Gasteiger partial charge in [-0.15, -0.1) is 0 Å². The van der Waals surface area contributed by atoms with Gasteiger partial charge < -0.3 is 69.3 Å². The molecule has 3 fully saturated rings. The monoisotopic (exact) mass is 506 g/mol. The van der Waals surface area contributed by atoms with Crippen LogP contribution in [0.3, 0.4) is 0 Å². The summed E-state index contributed by atoms with van der Waals surface area (Å²) in [4.78, 5) is 0. The minimum Gasteiger partial charge on any atom is -0.504 e. The largest absolute Gasteiger partial charge is 0.504 e. The zero-order valence-corrected chi connectivity index (χ0v) is 18.4.